The molecule has 1 rings (SSSR count). The highest BCUT2D eigenvalue weighted by molar-refractivity contribution is 5.77. The predicted octanol–water partition coefficient (Wildman–Crippen LogP) is 0.984. The standard InChI is InChI=1S/C9H15NO4/c1-9(2,3)14-8(13)10-6-4-5(6)7(11)12/h5-6H,4H2,1-3H3,(H,10,13)(H,11,12)/t5-,6-/m0/s1. The van der Waals surface area contributed by atoms with Crippen molar-refractivity contribution < 1.29 is 19.4 Å². The van der Waals surface area contributed by atoms with Crippen LogP contribution in [0.4, 0.5) is 4.79 Å². The average Bonchev–Trinajstić information content (AvgIpc) is 2.61. The second-order valence-corrected chi connectivity index (χ2v) is 4.43. The molecular formula is C9H15NO4. The van der Waals surface area contributed by atoms with Crippen LogP contribution in [0.25, 0.3) is 0 Å². The number of amides is 1. The van der Waals surface area contributed by atoms with Crippen LogP contribution in [0.15, 0.2) is 0 Å². The van der Waals surface area contributed by atoms with Crippen LogP contribution in [0.1, 0.15) is 27.2 Å². The SMILES string of the molecule is CC(C)(C)OC(=O)N[C@H]1C[C@@H]1C(=O)O. The lowest BCUT2D eigenvalue weighted by Gasteiger charge is -2.19. The van der Waals surface area contributed by atoms with Gasteiger partial charge in [-0.25, -0.2) is 4.79 Å². The maximum atomic E-state index is 11.2. The molecule has 1 amide bonds. The Bertz CT molecular complexity index is 256. The number of nitrogens with one attached hydrogen (secondary N) is 1. The number of hydrogen-bond donors (Lipinski definition) is 2. The third-order valence-electron chi connectivity index (χ3n) is 1.81. The zero-order valence-electron chi connectivity index (χ0n) is 8.53. The number of hydrogen-bond acceptors (Lipinski definition) is 3. The first-order chi connectivity index (χ1) is 6.29. The third kappa shape index (κ3) is 3.24. The lowest BCUT2D eigenvalue weighted by molar-refractivity contribution is -0.138. The van der Waals surface area contributed by atoms with Gasteiger partial charge < -0.3 is 15.2 Å². The quantitative estimate of drug-likeness (QED) is 0.698. The van der Waals surface area contributed by atoms with Crippen molar-refractivity contribution in [3.05, 3.63) is 0 Å². The summed E-state index contributed by atoms with van der Waals surface area (Å²) in [6.07, 6.45) is -0.0551. The maximum Gasteiger partial charge on any atom is 0.407 e. The summed E-state index contributed by atoms with van der Waals surface area (Å²) in [5.41, 5.74) is -0.544. The van der Waals surface area contributed by atoms with Crippen LogP contribution in [-0.2, 0) is 9.53 Å². The molecule has 0 saturated heterocycles. The van der Waals surface area contributed by atoms with E-state index in [1.165, 1.54) is 0 Å². The largest absolute Gasteiger partial charge is 0.481 e. The Hall–Kier alpha value is -1.26. The molecule has 80 valence electrons. The summed E-state index contributed by atoms with van der Waals surface area (Å²) in [5, 5.41) is 11.1. The van der Waals surface area contributed by atoms with E-state index in [-0.39, 0.29) is 6.04 Å². The topological polar surface area (TPSA) is 75.6 Å². The van der Waals surface area contributed by atoms with Crippen LogP contribution in [0.5, 0.6) is 0 Å². The summed E-state index contributed by atoms with van der Waals surface area (Å²) in [6, 6.07) is -0.262. The minimum absolute atomic E-state index is 0.262. The van der Waals surface area contributed by atoms with Crippen LogP contribution in [0.2, 0.25) is 0 Å². The number of carbonyl (C=O) groups is 2. The smallest absolute Gasteiger partial charge is 0.407 e. The van der Waals surface area contributed by atoms with Gasteiger partial charge in [0.1, 0.15) is 5.60 Å². The van der Waals surface area contributed by atoms with Gasteiger partial charge in [-0.1, -0.05) is 0 Å². The van der Waals surface area contributed by atoms with Crippen LogP contribution in [-0.4, -0.2) is 28.8 Å². The number of carboxylic acids is 1. The Balaban J connectivity index is 2.27. The second kappa shape index (κ2) is 3.48. The molecular weight excluding hydrogens is 186 g/mol. The fraction of sp³-hybridized carbons (Fsp3) is 0.778. The molecule has 0 heterocycles. The van der Waals surface area contributed by atoms with E-state index in [1.807, 2.05) is 0 Å². The van der Waals surface area contributed by atoms with Crippen LogP contribution in [0.3, 0.4) is 0 Å². The monoisotopic (exact) mass is 201 g/mol. The van der Waals surface area contributed by atoms with Crippen molar-refractivity contribution in [2.75, 3.05) is 0 Å². The molecule has 2 atom stereocenters. The van der Waals surface area contributed by atoms with E-state index in [4.69, 9.17) is 9.84 Å². The van der Waals surface area contributed by atoms with Crippen molar-refractivity contribution in [2.45, 2.75) is 38.8 Å². The molecule has 1 saturated carbocycles. The number of alkyl carbamates (subject to hydrolysis) is 1. The van der Waals surface area contributed by atoms with Crippen molar-refractivity contribution >= 4 is 12.1 Å². The molecule has 0 unspecified atom stereocenters. The van der Waals surface area contributed by atoms with Crippen LogP contribution < -0.4 is 5.32 Å². The van der Waals surface area contributed by atoms with Crippen molar-refractivity contribution in [3.8, 4) is 0 Å². The molecule has 5 nitrogen and oxygen atoms in total. The molecule has 2 N–H and O–H groups in total. The first kappa shape index (κ1) is 10.8. The van der Waals surface area contributed by atoms with E-state index in [1.54, 1.807) is 20.8 Å². The Morgan fingerprint density at radius 2 is 2.00 bits per heavy atom. The molecule has 0 bridgehead atoms. The van der Waals surface area contributed by atoms with E-state index in [0.717, 1.165) is 0 Å². The van der Waals surface area contributed by atoms with Crippen molar-refractivity contribution in [3.63, 3.8) is 0 Å². The summed E-state index contributed by atoms with van der Waals surface area (Å²) >= 11 is 0. The van der Waals surface area contributed by atoms with Gasteiger partial charge in [0.25, 0.3) is 0 Å². The highest BCUT2D eigenvalue weighted by Crippen LogP contribution is 2.30. The molecule has 0 aromatic heterocycles. The third-order valence-corrected chi connectivity index (χ3v) is 1.81. The summed E-state index contributed by atoms with van der Waals surface area (Å²) in [7, 11) is 0. The van der Waals surface area contributed by atoms with E-state index in [9.17, 15) is 9.59 Å². The zero-order chi connectivity index (χ0) is 10.9. The molecule has 0 aromatic rings. The lowest BCUT2D eigenvalue weighted by Crippen LogP contribution is -2.34. The highest BCUT2D eigenvalue weighted by Gasteiger charge is 2.44. The van der Waals surface area contributed by atoms with Gasteiger partial charge in [0, 0.05) is 6.04 Å². The molecule has 5 heteroatoms. The summed E-state index contributed by atoms with van der Waals surface area (Å²) in [6.45, 7) is 5.27. The fourth-order valence-corrected chi connectivity index (χ4v) is 1.09. The van der Waals surface area contributed by atoms with E-state index >= 15 is 0 Å². The molecule has 1 aliphatic rings. The van der Waals surface area contributed by atoms with Gasteiger partial charge >= 0.3 is 12.1 Å². The van der Waals surface area contributed by atoms with Gasteiger partial charge in [-0.05, 0) is 27.2 Å². The predicted molar refractivity (Wildman–Crippen MR) is 48.9 cm³/mol. The second-order valence-electron chi connectivity index (χ2n) is 4.43. The van der Waals surface area contributed by atoms with Gasteiger partial charge in [-0.15, -0.1) is 0 Å². The fourth-order valence-electron chi connectivity index (χ4n) is 1.09. The van der Waals surface area contributed by atoms with Crippen molar-refractivity contribution in [1.29, 1.82) is 0 Å². The van der Waals surface area contributed by atoms with Gasteiger partial charge in [0.15, 0.2) is 0 Å². The Kier molecular flexibility index (Phi) is 2.69. The molecule has 0 aliphatic heterocycles. The Labute approximate surface area is 82.4 Å². The molecule has 0 radical (unpaired) electrons. The first-order valence-corrected chi connectivity index (χ1v) is 4.52. The highest BCUT2D eigenvalue weighted by atomic mass is 16.6. The Morgan fingerprint density at radius 1 is 1.43 bits per heavy atom. The lowest BCUT2D eigenvalue weighted by atomic mass is 10.2. The van der Waals surface area contributed by atoms with Gasteiger partial charge in [-0.3, -0.25) is 4.79 Å². The molecule has 0 spiro atoms. The zero-order valence-corrected chi connectivity index (χ0v) is 8.53. The van der Waals surface area contributed by atoms with E-state index < -0.39 is 23.6 Å². The normalized spacial score (nSPS) is 25.4. The van der Waals surface area contributed by atoms with E-state index in [0.29, 0.717) is 6.42 Å². The molecule has 0 aromatic carbocycles. The minimum atomic E-state index is -0.869. The number of carboxylic acid groups (broad SMARTS) is 1. The summed E-state index contributed by atoms with van der Waals surface area (Å²) in [4.78, 5) is 21.6. The molecule has 14 heavy (non-hydrogen) atoms. The number of carbonyl (C=O) groups excluding carboxylic acids is 1. The van der Waals surface area contributed by atoms with E-state index in [2.05, 4.69) is 5.32 Å². The Morgan fingerprint density at radius 3 is 2.36 bits per heavy atom. The summed E-state index contributed by atoms with van der Waals surface area (Å²) in [5.74, 6) is -1.31. The van der Waals surface area contributed by atoms with Crippen LogP contribution in [0, 0.1) is 5.92 Å². The van der Waals surface area contributed by atoms with Gasteiger partial charge in [-0.2, -0.15) is 0 Å². The minimum Gasteiger partial charge on any atom is -0.481 e. The van der Waals surface area contributed by atoms with Gasteiger partial charge in [0.05, 0.1) is 5.92 Å². The van der Waals surface area contributed by atoms with Crippen molar-refractivity contribution in [1.82, 2.24) is 5.32 Å². The molecule has 1 fully saturated rings. The number of ether oxygens (including phenoxy) is 1. The van der Waals surface area contributed by atoms with Crippen LogP contribution >= 0.6 is 0 Å². The summed E-state index contributed by atoms with van der Waals surface area (Å²) < 4.78 is 4.97. The van der Waals surface area contributed by atoms with Gasteiger partial charge in [0.2, 0.25) is 0 Å². The number of aliphatic carboxylic acids is 1. The average molecular weight is 201 g/mol. The maximum absolute atomic E-state index is 11.2. The first-order valence-electron chi connectivity index (χ1n) is 4.52. The van der Waals surface area contributed by atoms with Crippen molar-refractivity contribution in [2.24, 2.45) is 5.92 Å². The molecule has 1 aliphatic carbocycles. The number of rotatable bonds is 2.